The van der Waals surface area contributed by atoms with Crippen LogP contribution in [0, 0.1) is 0 Å². The van der Waals surface area contributed by atoms with E-state index < -0.39 is 9.05 Å². The van der Waals surface area contributed by atoms with E-state index in [1.54, 1.807) is 16.8 Å². The Hall–Kier alpha value is -1.27. The van der Waals surface area contributed by atoms with Crippen LogP contribution < -0.4 is 5.56 Å². The van der Waals surface area contributed by atoms with E-state index in [0.717, 1.165) is 12.8 Å². The quantitative estimate of drug-likeness (QED) is 0.844. The molecule has 1 aliphatic carbocycles. The monoisotopic (exact) mass is 272 g/mol. The molecule has 17 heavy (non-hydrogen) atoms. The number of fused-ring (bicyclic) bond motifs is 1. The van der Waals surface area contributed by atoms with Gasteiger partial charge in [-0.2, -0.15) is 0 Å². The minimum Gasteiger partial charge on any atom is -0.355 e. The zero-order chi connectivity index (χ0) is 12.2. The second-order valence-corrected chi connectivity index (χ2v) is 6.67. The summed E-state index contributed by atoms with van der Waals surface area (Å²) in [6, 6.07) is 1.87. The van der Waals surface area contributed by atoms with Gasteiger partial charge in [-0.15, -0.1) is 0 Å². The molecule has 2 aromatic rings. The number of aromatic nitrogens is 2. The fourth-order valence-electron chi connectivity index (χ4n) is 1.95. The Morgan fingerprint density at radius 2 is 2.12 bits per heavy atom. The number of H-pyrrole nitrogens is 1. The Labute approximate surface area is 101 Å². The Morgan fingerprint density at radius 3 is 2.71 bits per heavy atom. The van der Waals surface area contributed by atoms with E-state index in [4.69, 9.17) is 10.7 Å². The maximum Gasteiger partial charge on any atom is 0.275 e. The van der Waals surface area contributed by atoms with E-state index >= 15 is 0 Å². The van der Waals surface area contributed by atoms with Gasteiger partial charge in [-0.1, -0.05) is 0 Å². The average Bonchev–Trinajstić information content (AvgIpc) is 2.95. The minimum absolute atomic E-state index is 0.0470. The number of halogens is 1. The van der Waals surface area contributed by atoms with E-state index in [-0.39, 0.29) is 16.5 Å². The summed E-state index contributed by atoms with van der Waals surface area (Å²) >= 11 is 0. The number of hydrogen-bond donors (Lipinski definition) is 1. The second kappa shape index (κ2) is 3.36. The normalized spacial score (nSPS) is 16.5. The lowest BCUT2D eigenvalue weighted by molar-refractivity contribution is 0.610. The van der Waals surface area contributed by atoms with Crippen molar-refractivity contribution in [1.82, 2.24) is 9.55 Å². The predicted octanol–water partition coefficient (Wildman–Crippen LogP) is 1.59. The fourth-order valence-corrected chi connectivity index (χ4v) is 2.97. The molecule has 0 bridgehead atoms. The van der Waals surface area contributed by atoms with Crippen LogP contribution in [0.15, 0.2) is 28.2 Å². The number of pyridine rings is 1. The number of nitrogens with one attached hydrogen (secondary N) is 1. The largest absolute Gasteiger partial charge is 0.355 e. The van der Waals surface area contributed by atoms with Gasteiger partial charge in [0.1, 0.15) is 10.4 Å². The van der Waals surface area contributed by atoms with Gasteiger partial charge < -0.3 is 9.55 Å². The highest BCUT2D eigenvalue weighted by molar-refractivity contribution is 8.14. The highest BCUT2D eigenvalue weighted by Gasteiger charge is 2.26. The highest BCUT2D eigenvalue weighted by Crippen LogP contribution is 2.34. The molecule has 0 aliphatic heterocycles. The first-order valence-electron chi connectivity index (χ1n) is 5.15. The lowest BCUT2D eigenvalue weighted by Gasteiger charge is -2.02. The van der Waals surface area contributed by atoms with E-state index in [0.29, 0.717) is 10.9 Å². The summed E-state index contributed by atoms with van der Waals surface area (Å²) in [6.45, 7) is 0. The topological polar surface area (TPSA) is 71.9 Å². The van der Waals surface area contributed by atoms with Crippen LogP contribution in [-0.2, 0) is 9.05 Å². The summed E-state index contributed by atoms with van der Waals surface area (Å²) in [5.41, 5.74) is 0.0928. The molecule has 1 N–H and O–H groups in total. The van der Waals surface area contributed by atoms with Crippen molar-refractivity contribution < 1.29 is 8.42 Å². The molecule has 0 saturated heterocycles. The van der Waals surface area contributed by atoms with E-state index in [1.807, 2.05) is 0 Å². The van der Waals surface area contributed by atoms with Gasteiger partial charge in [0, 0.05) is 34.5 Å². The van der Waals surface area contributed by atoms with E-state index in [9.17, 15) is 13.2 Å². The van der Waals surface area contributed by atoms with Crippen molar-refractivity contribution in [2.24, 2.45) is 0 Å². The zero-order valence-electron chi connectivity index (χ0n) is 8.68. The summed E-state index contributed by atoms with van der Waals surface area (Å²) in [5, 5.41) is 0.349. The Kier molecular flexibility index (Phi) is 2.15. The Balaban J connectivity index is 2.34. The molecule has 0 atom stereocenters. The summed E-state index contributed by atoms with van der Waals surface area (Å²) in [4.78, 5) is 14.7. The molecule has 1 aliphatic rings. The van der Waals surface area contributed by atoms with Crippen molar-refractivity contribution >= 4 is 30.6 Å². The Bertz CT molecular complexity index is 755. The molecule has 0 aromatic carbocycles. The molecule has 0 unspecified atom stereocenters. The zero-order valence-corrected chi connectivity index (χ0v) is 10.3. The van der Waals surface area contributed by atoms with Gasteiger partial charge in [-0.3, -0.25) is 4.79 Å². The molecule has 5 nitrogen and oxygen atoms in total. The molecule has 0 spiro atoms. The molecule has 1 fully saturated rings. The first kappa shape index (κ1) is 10.9. The van der Waals surface area contributed by atoms with Crippen molar-refractivity contribution in [3.05, 3.63) is 28.8 Å². The van der Waals surface area contributed by atoms with Crippen LogP contribution in [0.4, 0.5) is 0 Å². The van der Waals surface area contributed by atoms with Crippen molar-refractivity contribution in [3.8, 4) is 0 Å². The lowest BCUT2D eigenvalue weighted by Crippen LogP contribution is -2.18. The Morgan fingerprint density at radius 1 is 1.41 bits per heavy atom. The van der Waals surface area contributed by atoms with Gasteiger partial charge in [0.05, 0.1) is 0 Å². The van der Waals surface area contributed by atoms with Crippen molar-refractivity contribution in [2.45, 2.75) is 23.8 Å². The highest BCUT2D eigenvalue weighted by atomic mass is 35.7. The number of aromatic amines is 1. The fraction of sp³-hybridized carbons (Fsp3) is 0.300. The maximum absolute atomic E-state index is 12.0. The standard InChI is InChI=1S/C10H9ClN2O3S/c11-17(15,16)8-5-12-9-7(8)3-4-13(10(9)14)6-1-2-6/h3-6,12H,1-2H2. The molecule has 0 radical (unpaired) electrons. The molecular formula is C10H9ClN2O3S. The molecule has 0 amide bonds. The molecule has 1 saturated carbocycles. The summed E-state index contributed by atoms with van der Waals surface area (Å²) < 4.78 is 24.2. The lowest BCUT2D eigenvalue weighted by atomic mass is 10.3. The average molecular weight is 273 g/mol. The van der Waals surface area contributed by atoms with Gasteiger partial charge in [0.25, 0.3) is 14.6 Å². The predicted molar refractivity (Wildman–Crippen MR) is 63.9 cm³/mol. The van der Waals surface area contributed by atoms with Gasteiger partial charge in [-0.05, 0) is 18.9 Å². The van der Waals surface area contributed by atoms with Crippen molar-refractivity contribution in [2.75, 3.05) is 0 Å². The van der Waals surface area contributed by atoms with Crippen LogP contribution in [0.2, 0.25) is 0 Å². The third kappa shape index (κ3) is 1.68. The first-order chi connectivity index (χ1) is 7.98. The van der Waals surface area contributed by atoms with E-state index in [2.05, 4.69) is 4.98 Å². The number of nitrogens with zero attached hydrogens (tertiary/aromatic N) is 1. The second-order valence-electron chi connectivity index (χ2n) is 4.14. The van der Waals surface area contributed by atoms with Crippen LogP contribution in [0.1, 0.15) is 18.9 Å². The minimum atomic E-state index is -3.83. The van der Waals surface area contributed by atoms with E-state index in [1.165, 1.54) is 6.20 Å². The van der Waals surface area contributed by atoms with Gasteiger partial charge in [0.15, 0.2) is 0 Å². The van der Waals surface area contributed by atoms with Crippen LogP contribution in [0.25, 0.3) is 10.9 Å². The summed E-state index contributed by atoms with van der Waals surface area (Å²) in [6.07, 6.45) is 4.87. The van der Waals surface area contributed by atoms with Crippen LogP contribution >= 0.6 is 10.7 Å². The molecule has 2 heterocycles. The molecule has 90 valence electrons. The summed E-state index contributed by atoms with van der Waals surface area (Å²) in [7, 11) is 1.46. The number of hydrogen-bond acceptors (Lipinski definition) is 3. The van der Waals surface area contributed by atoms with Gasteiger partial charge in [-0.25, -0.2) is 8.42 Å². The molecule has 7 heteroatoms. The SMILES string of the molecule is O=c1c2[nH]cc(S(=O)(=O)Cl)c2ccn1C1CC1. The van der Waals surface area contributed by atoms with Crippen LogP contribution in [-0.4, -0.2) is 18.0 Å². The molecular weight excluding hydrogens is 264 g/mol. The van der Waals surface area contributed by atoms with Crippen molar-refractivity contribution in [1.29, 1.82) is 0 Å². The molecule has 3 rings (SSSR count). The van der Waals surface area contributed by atoms with Gasteiger partial charge >= 0.3 is 0 Å². The maximum atomic E-state index is 12.0. The van der Waals surface area contributed by atoms with Gasteiger partial charge in [0.2, 0.25) is 0 Å². The third-order valence-electron chi connectivity index (χ3n) is 2.94. The van der Waals surface area contributed by atoms with Crippen molar-refractivity contribution in [3.63, 3.8) is 0 Å². The first-order valence-corrected chi connectivity index (χ1v) is 7.46. The third-order valence-corrected chi connectivity index (χ3v) is 4.30. The number of rotatable bonds is 2. The molecule has 2 aromatic heterocycles. The summed E-state index contributed by atoms with van der Waals surface area (Å²) in [5.74, 6) is 0. The smallest absolute Gasteiger partial charge is 0.275 e. The van der Waals surface area contributed by atoms with Crippen LogP contribution in [0.3, 0.4) is 0 Å². The van der Waals surface area contributed by atoms with Crippen LogP contribution in [0.5, 0.6) is 0 Å².